The molecule has 0 aliphatic heterocycles. The van der Waals surface area contributed by atoms with Crippen molar-refractivity contribution in [3.63, 3.8) is 0 Å². The van der Waals surface area contributed by atoms with Crippen LogP contribution in [-0.2, 0) is 0 Å². The minimum atomic E-state index is -1.13. The lowest BCUT2D eigenvalue weighted by Gasteiger charge is -1.99. The van der Waals surface area contributed by atoms with Gasteiger partial charge < -0.3 is 5.11 Å². The molecule has 2 heterocycles. The lowest BCUT2D eigenvalue weighted by Crippen LogP contribution is -2.04. The summed E-state index contributed by atoms with van der Waals surface area (Å²) >= 11 is 3.13. The Morgan fingerprint density at radius 3 is 2.93 bits per heavy atom. The van der Waals surface area contributed by atoms with Gasteiger partial charge in [0.05, 0.1) is 10.2 Å². The second kappa shape index (κ2) is 3.30. The topological polar surface area (TPSA) is 54.6 Å². The first-order valence-corrected chi connectivity index (χ1v) is 4.87. The van der Waals surface area contributed by atoms with Gasteiger partial charge in [0.1, 0.15) is 5.82 Å². The SMILES string of the molecule is Cc1nc2c(Br)cc(F)cn2c1C(=O)O. The first-order valence-electron chi connectivity index (χ1n) is 4.07. The molecule has 78 valence electrons. The summed E-state index contributed by atoms with van der Waals surface area (Å²) in [5.41, 5.74) is 0.727. The van der Waals surface area contributed by atoms with Gasteiger partial charge in [0.25, 0.3) is 0 Å². The molecule has 0 saturated heterocycles. The summed E-state index contributed by atoms with van der Waals surface area (Å²) in [5.74, 6) is -1.65. The van der Waals surface area contributed by atoms with Gasteiger partial charge in [0.2, 0.25) is 0 Å². The maximum atomic E-state index is 13.1. The summed E-state index contributed by atoms with van der Waals surface area (Å²) in [7, 11) is 0. The highest BCUT2D eigenvalue weighted by Crippen LogP contribution is 2.21. The minimum Gasteiger partial charge on any atom is -0.477 e. The fraction of sp³-hybridized carbons (Fsp3) is 0.111. The number of hydrogen-bond donors (Lipinski definition) is 1. The van der Waals surface area contributed by atoms with E-state index in [0.29, 0.717) is 15.8 Å². The monoisotopic (exact) mass is 272 g/mol. The number of aryl methyl sites for hydroxylation is 1. The minimum absolute atomic E-state index is 0.0230. The Bertz CT molecular complexity index is 565. The molecule has 0 radical (unpaired) electrons. The van der Waals surface area contributed by atoms with Crippen LogP contribution in [0.5, 0.6) is 0 Å². The zero-order valence-corrected chi connectivity index (χ0v) is 9.25. The number of halogens is 2. The molecule has 2 aromatic heterocycles. The molecule has 6 heteroatoms. The van der Waals surface area contributed by atoms with Gasteiger partial charge in [-0.05, 0) is 28.9 Å². The van der Waals surface area contributed by atoms with Gasteiger partial charge in [-0.15, -0.1) is 0 Å². The molecule has 0 aromatic carbocycles. The third-order valence-electron chi connectivity index (χ3n) is 2.02. The number of imidazole rings is 1. The molecule has 2 rings (SSSR count). The van der Waals surface area contributed by atoms with E-state index >= 15 is 0 Å². The van der Waals surface area contributed by atoms with Crippen molar-refractivity contribution < 1.29 is 14.3 Å². The van der Waals surface area contributed by atoms with E-state index in [9.17, 15) is 9.18 Å². The molecule has 0 amide bonds. The Morgan fingerprint density at radius 1 is 1.67 bits per heavy atom. The quantitative estimate of drug-likeness (QED) is 0.866. The van der Waals surface area contributed by atoms with E-state index in [1.807, 2.05) is 0 Å². The molecule has 0 fully saturated rings. The summed E-state index contributed by atoms with van der Waals surface area (Å²) in [5, 5.41) is 8.94. The molecular weight excluding hydrogens is 267 g/mol. The average Bonchev–Trinajstić information content (AvgIpc) is 2.41. The molecule has 0 saturated carbocycles. The standard InChI is InChI=1S/C9H6BrFN2O2/c1-4-7(9(14)15)13-3-5(11)2-6(10)8(13)12-4/h2-3H,1H3,(H,14,15). The zero-order valence-electron chi connectivity index (χ0n) is 7.66. The predicted octanol–water partition coefficient (Wildman–Crippen LogP) is 2.24. The number of carbonyl (C=O) groups is 1. The Kier molecular flexibility index (Phi) is 2.22. The van der Waals surface area contributed by atoms with Crippen molar-refractivity contribution in [3.8, 4) is 0 Å². The van der Waals surface area contributed by atoms with Crippen molar-refractivity contribution in [1.29, 1.82) is 0 Å². The van der Waals surface area contributed by atoms with Crippen LogP contribution in [0.4, 0.5) is 4.39 Å². The lowest BCUT2D eigenvalue weighted by atomic mass is 10.3. The van der Waals surface area contributed by atoms with Gasteiger partial charge in [-0.3, -0.25) is 4.40 Å². The van der Waals surface area contributed by atoms with E-state index in [-0.39, 0.29) is 5.69 Å². The van der Waals surface area contributed by atoms with Crippen molar-refractivity contribution in [2.75, 3.05) is 0 Å². The number of pyridine rings is 1. The summed E-state index contributed by atoms with van der Waals surface area (Å²) in [6, 6.07) is 1.24. The van der Waals surface area contributed by atoms with Crippen LogP contribution in [0.3, 0.4) is 0 Å². The van der Waals surface area contributed by atoms with Gasteiger partial charge in [-0.25, -0.2) is 14.2 Å². The van der Waals surface area contributed by atoms with E-state index in [4.69, 9.17) is 5.11 Å². The highest BCUT2D eigenvalue weighted by molar-refractivity contribution is 9.10. The molecule has 15 heavy (non-hydrogen) atoms. The number of fused-ring (bicyclic) bond motifs is 1. The third kappa shape index (κ3) is 1.50. The van der Waals surface area contributed by atoms with Crippen LogP contribution in [-0.4, -0.2) is 20.5 Å². The van der Waals surface area contributed by atoms with Gasteiger partial charge in [0, 0.05) is 6.20 Å². The van der Waals surface area contributed by atoms with Crippen LogP contribution in [0.2, 0.25) is 0 Å². The van der Waals surface area contributed by atoms with Crippen LogP contribution < -0.4 is 0 Å². The molecule has 2 aromatic rings. The molecule has 4 nitrogen and oxygen atoms in total. The molecule has 1 N–H and O–H groups in total. The van der Waals surface area contributed by atoms with E-state index in [1.54, 1.807) is 6.92 Å². The van der Waals surface area contributed by atoms with E-state index in [2.05, 4.69) is 20.9 Å². The number of hydrogen-bond acceptors (Lipinski definition) is 2. The summed E-state index contributed by atoms with van der Waals surface area (Å²) < 4.78 is 14.7. The second-order valence-corrected chi connectivity index (χ2v) is 3.91. The summed E-state index contributed by atoms with van der Waals surface area (Å²) in [6.45, 7) is 1.57. The highest BCUT2D eigenvalue weighted by Gasteiger charge is 2.17. The Morgan fingerprint density at radius 2 is 2.33 bits per heavy atom. The molecule has 0 aliphatic rings. The molecular formula is C9H6BrFN2O2. The number of aromatic carboxylic acids is 1. The number of nitrogens with zero attached hydrogens (tertiary/aromatic N) is 2. The largest absolute Gasteiger partial charge is 0.477 e. The Balaban J connectivity index is 2.93. The number of aromatic nitrogens is 2. The number of rotatable bonds is 1. The maximum absolute atomic E-state index is 13.1. The molecule has 0 bridgehead atoms. The Hall–Kier alpha value is -1.43. The van der Waals surface area contributed by atoms with Crippen molar-refractivity contribution in [1.82, 2.24) is 9.38 Å². The van der Waals surface area contributed by atoms with Crippen molar-refractivity contribution in [3.05, 3.63) is 33.9 Å². The second-order valence-electron chi connectivity index (χ2n) is 3.05. The first kappa shape index (κ1) is 10.1. The van der Waals surface area contributed by atoms with Crippen LogP contribution in [0, 0.1) is 12.7 Å². The molecule has 0 aliphatic carbocycles. The summed E-state index contributed by atoms with van der Waals surface area (Å²) in [6.07, 6.45) is 1.10. The maximum Gasteiger partial charge on any atom is 0.354 e. The third-order valence-corrected chi connectivity index (χ3v) is 2.60. The van der Waals surface area contributed by atoms with Crippen LogP contribution >= 0.6 is 15.9 Å². The van der Waals surface area contributed by atoms with E-state index < -0.39 is 11.8 Å². The zero-order chi connectivity index (χ0) is 11.2. The van der Waals surface area contributed by atoms with Crippen LogP contribution in [0.15, 0.2) is 16.7 Å². The molecule has 0 spiro atoms. The van der Waals surface area contributed by atoms with Crippen molar-refractivity contribution in [2.45, 2.75) is 6.92 Å². The van der Waals surface area contributed by atoms with Crippen molar-refractivity contribution in [2.24, 2.45) is 0 Å². The van der Waals surface area contributed by atoms with Gasteiger partial charge in [0.15, 0.2) is 11.3 Å². The fourth-order valence-electron chi connectivity index (χ4n) is 1.44. The molecule has 0 atom stereocenters. The van der Waals surface area contributed by atoms with Gasteiger partial charge in [-0.1, -0.05) is 0 Å². The number of carboxylic acid groups (broad SMARTS) is 1. The number of carboxylic acids is 1. The fourth-order valence-corrected chi connectivity index (χ4v) is 1.94. The van der Waals surface area contributed by atoms with Gasteiger partial charge in [-0.2, -0.15) is 0 Å². The smallest absolute Gasteiger partial charge is 0.354 e. The lowest BCUT2D eigenvalue weighted by molar-refractivity contribution is 0.0688. The average molecular weight is 273 g/mol. The highest BCUT2D eigenvalue weighted by atomic mass is 79.9. The molecule has 0 unspecified atom stereocenters. The van der Waals surface area contributed by atoms with Crippen LogP contribution in [0.1, 0.15) is 16.2 Å². The summed E-state index contributed by atoms with van der Waals surface area (Å²) in [4.78, 5) is 15.0. The van der Waals surface area contributed by atoms with Crippen LogP contribution in [0.25, 0.3) is 5.65 Å². The Labute approximate surface area is 92.5 Å². The van der Waals surface area contributed by atoms with Crippen molar-refractivity contribution >= 4 is 27.5 Å². The first-order chi connectivity index (χ1) is 7.00. The van der Waals surface area contributed by atoms with Gasteiger partial charge >= 0.3 is 5.97 Å². The van der Waals surface area contributed by atoms with E-state index in [0.717, 1.165) is 6.20 Å². The normalized spacial score (nSPS) is 10.9. The van der Waals surface area contributed by atoms with E-state index in [1.165, 1.54) is 10.5 Å². The predicted molar refractivity (Wildman–Crippen MR) is 54.5 cm³/mol.